The Hall–Kier alpha value is -3.28. The number of alkyl halides is 3. The van der Waals surface area contributed by atoms with Gasteiger partial charge >= 0.3 is 6.18 Å². The van der Waals surface area contributed by atoms with Crippen molar-refractivity contribution in [2.24, 2.45) is 0 Å². The van der Waals surface area contributed by atoms with Crippen molar-refractivity contribution in [2.75, 3.05) is 32.7 Å². The third-order valence-corrected chi connectivity index (χ3v) is 7.01. The lowest BCUT2D eigenvalue weighted by atomic mass is 10.1. The van der Waals surface area contributed by atoms with Crippen LogP contribution in [0.1, 0.15) is 33.8 Å². The highest BCUT2D eigenvalue weighted by Gasteiger charge is 2.34. The van der Waals surface area contributed by atoms with Gasteiger partial charge in [-0.05, 0) is 19.1 Å². The second-order valence-electron chi connectivity index (χ2n) is 8.06. The number of rotatable bonds is 4. The molecule has 2 aliphatic rings. The van der Waals surface area contributed by atoms with Gasteiger partial charge < -0.3 is 9.80 Å². The summed E-state index contributed by atoms with van der Waals surface area (Å²) in [5, 5.41) is 0.448. The fourth-order valence-corrected chi connectivity index (χ4v) is 4.90. The third-order valence-electron chi connectivity index (χ3n) is 5.82. The number of carbonyl (C=O) groups is 4. The lowest BCUT2D eigenvalue weighted by molar-refractivity contribution is -0.146. The molecule has 2 saturated heterocycles. The number of piperazine rings is 1. The van der Waals surface area contributed by atoms with E-state index in [2.05, 4.69) is 4.98 Å². The molecular weight excluding hydrogens is 473 g/mol. The zero-order chi connectivity index (χ0) is 24.6. The number of carbonyl (C=O) groups excluding carboxylic acids is 4. The summed E-state index contributed by atoms with van der Waals surface area (Å²) in [6.07, 6.45) is -4.18. The van der Waals surface area contributed by atoms with Crippen molar-refractivity contribution in [2.45, 2.75) is 25.9 Å². The van der Waals surface area contributed by atoms with Gasteiger partial charge in [0.05, 0.1) is 11.3 Å². The minimum Gasteiger partial charge on any atom is -0.338 e. The van der Waals surface area contributed by atoms with Crippen molar-refractivity contribution in [1.29, 1.82) is 0 Å². The first kappa shape index (κ1) is 23.9. The van der Waals surface area contributed by atoms with E-state index in [0.29, 0.717) is 21.1 Å². The Kier molecular flexibility index (Phi) is 6.43. The van der Waals surface area contributed by atoms with Gasteiger partial charge in [0.2, 0.25) is 17.7 Å². The highest BCUT2D eigenvalue weighted by Crippen LogP contribution is 2.33. The van der Waals surface area contributed by atoms with Crippen LogP contribution in [-0.4, -0.2) is 76.0 Å². The van der Waals surface area contributed by atoms with Crippen LogP contribution in [0, 0.1) is 6.92 Å². The van der Waals surface area contributed by atoms with Crippen LogP contribution in [0.3, 0.4) is 0 Å². The molecule has 0 unspecified atom stereocenters. The molecule has 2 fully saturated rings. The van der Waals surface area contributed by atoms with E-state index in [1.54, 1.807) is 11.8 Å². The second-order valence-corrected chi connectivity index (χ2v) is 9.05. The normalized spacial score (nSPS) is 17.0. The van der Waals surface area contributed by atoms with Gasteiger partial charge in [0.1, 0.15) is 16.4 Å². The van der Waals surface area contributed by atoms with Gasteiger partial charge in [0.15, 0.2) is 0 Å². The van der Waals surface area contributed by atoms with Gasteiger partial charge in [0.25, 0.3) is 5.91 Å². The van der Waals surface area contributed by atoms with Crippen molar-refractivity contribution in [3.63, 3.8) is 0 Å². The van der Waals surface area contributed by atoms with E-state index in [9.17, 15) is 32.3 Å². The van der Waals surface area contributed by atoms with Gasteiger partial charge in [-0.3, -0.25) is 24.1 Å². The lowest BCUT2D eigenvalue weighted by Gasteiger charge is -2.35. The van der Waals surface area contributed by atoms with Crippen LogP contribution < -0.4 is 0 Å². The van der Waals surface area contributed by atoms with E-state index in [4.69, 9.17) is 0 Å². The molecule has 34 heavy (non-hydrogen) atoms. The predicted molar refractivity (Wildman–Crippen MR) is 116 cm³/mol. The minimum absolute atomic E-state index is 0.122. The highest BCUT2D eigenvalue weighted by atomic mass is 32.1. The fraction of sp³-hybridized carbons (Fsp3) is 0.409. The predicted octanol–water partition coefficient (Wildman–Crippen LogP) is 2.57. The summed E-state index contributed by atoms with van der Waals surface area (Å²) in [6.45, 7) is 2.48. The molecule has 2 aliphatic heterocycles. The molecule has 180 valence electrons. The molecule has 0 bridgehead atoms. The molecule has 0 N–H and O–H groups in total. The fourth-order valence-electron chi connectivity index (χ4n) is 3.86. The molecular formula is C22H21F3N4O4S. The maximum absolute atomic E-state index is 13.0. The number of imide groups is 1. The van der Waals surface area contributed by atoms with Crippen molar-refractivity contribution in [3.05, 3.63) is 40.4 Å². The Bertz CT molecular complexity index is 1120. The Morgan fingerprint density at radius 1 is 0.971 bits per heavy atom. The monoisotopic (exact) mass is 494 g/mol. The van der Waals surface area contributed by atoms with Crippen molar-refractivity contribution in [1.82, 2.24) is 19.7 Å². The first-order valence-electron chi connectivity index (χ1n) is 10.6. The summed E-state index contributed by atoms with van der Waals surface area (Å²) in [5.74, 6) is -1.30. The maximum atomic E-state index is 13.0. The number of halogens is 3. The summed E-state index contributed by atoms with van der Waals surface area (Å²) in [4.78, 5) is 57.8. The number of aryl methyl sites for hydroxylation is 1. The third kappa shape index (κ3) is 4.81. The van der Waals surface area contributed by atoms with E-state index in [-0.39, 0.29) is 69.2 Å². The van der Waals surface area contributed by atoms with E-state index in [1.807, 2.05) is 0 Å². The molecule has 0 saturated carbocycles. The summed E-state index contributed by atoms with van der Waals surface area (Å²) in [7, 11) is 0. The summed E-state index contributed by atoms with van der Waals surface area (Å²) in [6, 6.07) is 4.62. The number of likely N-dealkylation sites (tertiary alicyclic amines) is 1. The Balaban J connectivity index is 1.38. The lowest BCUT2D eigenvalue weighted by Crippen LogP contribution is -2.53. The molecule has 3 heterocycles. The number of nitrogens with zero attached hydrogens (tertiary/aromatic N) is 4. The number of benzene rings is 1. The topological polar surface area (TPSA) is 90.9 Å². The van der Waals surface area contributed by atoms with Crippen LogP contribution in [0.4, 0.5) is 13.2 Å². The molecule has 1 aromatic carbocycles. The quantitative estimate of drug-likeness (QED) is 0.610. The van der Waals surface area contributed by atoms with Crippen LogP contribution in [0.15, 0.2) is 24.3 Å². The molecule has 0 radical (unpaired) electrons. The first-order valence-corrected chi connectivity index (χ1v) is 11.4. The number of amides is 4. The summed E-state index contributed by atoms with van der Waals surface area (Å²) in [5.41, 5.74) is 0.211. The zero-order valence-electron chi connectivity index (χ0n) is 18.2. The van der Waals surface area contributed by atoms with Gasteiger partial charge in [-0.1, -0.05) is 12.1 Å². The average molecular weight is 494 g/mol. The zero-order valence-corrected chi connectivity index (χ0v) is 19.0. The smallest absolute Gasteiger partial charge is 0.338 e. The summed E-state index contributed by atoms with van der Waals surface area (Å²) < 4.78 is 38.4. The van der Waals surface area contributed by atoms with Gasteiger partial charge in [-0.15, -0.1) is 11.3 Å². The number of hydrogen-bond donors (Lipinski definition) is 0. The van der Waals surface area contributed by atoms with E-state index < -0.39 is 11.7 Å². The van der Waals surface area contributed by atoms with Gasteiger partial charge in [0, 0.05) is 44.6 Å². The number of hydrogen-bond acceptors (Lipinski definition) is 6. The summed E-state index contributed by atoms with van der Waals surface area (Å²) >= 11 is 1.11. The Morgan fingerprint density at radius 3 is 2.09 bits per heavy atom. The van der Waals surface area contributed by atoms with Crippen LogP contribution in [0.2, 0.25) is 0 Å². The number of thiazole rings is 1. The molecule has 1 aromatic heterocycles. The van der Waals surface area contributed by atoms with Crippen molar-refractivity contribution >= 4 is 35.0 Å². The second kappa shape index (κ2) is 9.16. The Labute approximate surface area is 197 Å². The van der Waals surface area contributed by atoms with Gasteiger partial charge in [-0.2, -0.15) is 13.2 Å². The van der Waals surface area contributed by atoms with Crippen molar-refractivity contribution in [3.8, 4) is 10.6 Å². The van der Waals surface area contributed by atoms with Crippen LogP contribution in [0.5, 0.6) is 0 Å². The van der Waals surface area contributed by atoms with Gasteiger partial charge in [-0.25, -0.2) is 4.98 Å². The largest absolute Gasteiger partial charge is 0.416 e. The molecule has 4 rings (SSSR count). The average Bonchev–Trinajstić information content (AvgIpc) is 3.35. The first-order chi connectivity index (χ1) is 16.0. The molecule has 8 nitrogen and oxygen atoms in total. The maximum Gasteiger partial charge on any atom is 0.416 e. The SMILES string of the molecule is Cc1nc(-c2ccc(C(F)(F)F)cc2)sc1C(=O)N1CCN(C(=O)CN2C(=O)CCC2=O)CC1. The standard InChI is InChI=1S/C22H21F3N4O4S/c1-13-19(34-20(26-13)14-2-4-15(5-3-14)22(23,24)25)21(33)28-10-8-27(9-11-28)18(32)12-29-16(30)6-7-17(29)31/h2-5H,6-12H2,1H3. The van der Waals surface area contributed by atoms with E-state index >= 15 is 0 Å². The Morgan fingerprint density at radius 2 is 1.53 bits per heavy atom. The number of aromatic nitrogens is 1. The van der Waals surface area contributed by atoms with E-state index in [1.165, 1.54) is 17.0 Å². The highest BCUT2D eigenvalue weighted by molar-refractivity contribution is 7.17. The van der Waals surface area contributed by atoms with Crippen molar-refractivity contribution < 1.29 is 32.3 Å². The molecule has 2 aromatic rings. The molecule has 4 amide bonds. The molecule has 0 spiro atoms. The van der Waals surface area contributed by atoms with Crippen LogP contribution in [0.25, 0.3) is 10.6 Å². The van der Waals surface area contributed by atoms with Crippen LogP contribution >= 0.6 is 11.3 Å². The molecule has 12 heteroatoms. The molecule has 0 atom stereocenters. The molecule has 0 aliphatic carbocycles. The van der Waals surface area contributed by atoms with Crippen LogP contribution in [-0.2, 0) is 20.6 Å². The van der Waals surface area contributed by atoms with E-state index in [0.717, 1.165) is 28.4 Å². The minimum atomic E-state index is -4.43.